The highest BCUT2D eigenvalue weighted by Gasteiger charge is 2.15. The van der Waals surface area contributed by atoms with Gasteiger partial charge in [-0.05, 0) is 25.0 Å². The van der Waals surface area contributed by atoms with Crippen LogP contribution >= 0.6 is 0 Å². The molecule has 0 saturated heterocycles. The van der Waals surface area contributed by atoms with Crippen LogP contribution in [0.5, 0.6) is 0 Å². The lowest BCUT2D eigenvalue weighted by Gasteiger charge is -2.19. The van der Waals surface area contributed by atoms with Crippen molar-refractivity contribution >= 4 is 6.21 Å². The molecule has 2 rings (SSSR count). The molecule has 0 aromatic rings. The number of rotatable bonds is 0. The number of hydrogen-bond donors (Lipinski definition) is 0. The van der Waals surface area contributed by atoms with E-state index < -0.39 is 0 Å². The van der Waals surface area contributed by atoms with Crippen LogP contribution in [0.3, 0.4) is 0 Å². The molecule has 0 aromatic carbocycles. The predicted molar refractivity (Wildman–Crippen MR) is 47.6 cm³/mol. The highest BCUT2D eigenvalue weighted by atomic mass is 14.8. The lowest BCUT2D eigenvalue weighted by molar-refractivity contribution is 0.738. The van der Waals surface area contributed by atoms with Crippen molar-refractivity contribution in [1.29, 1.82) is 0 Å². The summed E-state index contributed by atoms with van der Waals surface area (Å²) in [5, 5.41) is 0. The Morgan fingerprint density at radius 2 is 2.45 bits per heavy atom. The van der Waals surface area contributed by atoms with E-state index in [0.717, 1.165) is 6.42 Å². The number of fused-ring (bicyclic) bond motifs is 1. The molecule has 1 unspecified atom stereocenters. The van der Waals surface area contributed by atoms with Gasteiger partial charge in [0.1, 0.15) is 0 Å². The molecule has 1 atom stereocenters. The fourth-order valence-corrected chi connectivity index (χ4v) is 1.56. The van der Waals surface area contributed by atoms with Crippen LogP contribution in [0.1, 0.15) is 13.3 Å². The van der Waals surface area contributed by atoms with E-state index in [9.17, 15) is 0 Å². The van der Waals surface area contributed by atoms with E-state index in [-0.39, 0.29) is 0 Å². The third kappa shape index (κ3) is 1.07. The maximum Gasteiger partial charge on any atom is 0.0504 e. The first-order chi connectivity index (χ1) is 5.38. The summed E-state index contributed by atoms with van der Waals surface area (Å²) in [4.78, 5) is 4.35. The van der Waals surface area contributed by atoms with Crippen LogP contribution in [-0.2, 0) is 0 Å². The van der Waals surface area contributed by atoms with Gasteiger partial charge in [0.05, 0.1) is 5.70 Å². The van der Waals surface area contributed by atoms with Gasteiger partial charge in [-0.15, -0.1) is 0 Å². The molecule has 0 spiro atoms. The highest BCUT2D eigenvalue weighted by Crippen LogP contribution is 2.28. The molecule has 0 fully saturated rings. The average Bonchev–Trinajstić information content (AvgIpc) is 2.06. The molecular formula is C10H11N. The molecule has 0 bridgehead atoms. The molecule has 1 nitrogen and oxygen atoms in total. The second-order valence-electron chi connectivity index (χ2n) is 2.98. The van der Waals surface area contributed by atoms with Gasteiger partial charge in [0.25, 0.3) is 0 Å². The summed E-state index contributed by atoms with van der Waals surface area (Å²) >= 11 is 0. The van der Waals surface area contributed by atoms with Crippen LogP contribution in [0, 0.1) is 5.92 Å². The van der Waals surface area contributed by atoms with Gasteiger partial charge in [0.2, 0.25) is 0 Å². The SMILES string of the molecule is CC1=C2N=CC=CC2CC=C1. The largest absolute Gasteiger partial charge is 0.260 e. The molecule has 2 aliphatic rings. The van der Waals surface area contributed by atoms with Crippen molar-refractivity contribution in [3.05, 3.63) is 35.6 Å². The molecule has 1 aliphatic heterocycles. The summed E-state index contributed by atoms with van der Waals surface area (Å²) in [5.74, 6) is 0.546. The minimum atomic E-state index is 0.546. The van der Waals surface area contributed by atoms with Gasteiger partial charge in [-0.25, -0.2) is 0 Å². The maximum absolute atomic E-state index is 4.35. The van der Waals surface area contributed by atoms with Crippen LogP contribution < -0.4 is 0 Å². The van der Waals surface area contributed by atoms with E-state index in [1.807, 2.05) is 12.3 Å². The van der Waals surface area contributed by atoms with Crippen molar-refractivity contribution in [2.45, 2.75) is 13.3 Å². The number of dihydropyridines is 1. The molecule has 0 aromatic heterocycles. The van der Waals surface area contributed by atoms with Crippen molar-refractivity contribution in [1.82, 2.24) is 0 Å². The molecule has 1 heteroatoms. The van der Waals surface area contributed by atoms with E-state index in [1.54, 1.807) is 0 Å². The zero-order valence-corrected chi connectivity index (χ0v) is 6.62. The van der Waals surface area contributed by atoms with E-state index >= 15 is 0 Å². The molecular weight excluding hydrogens is 134 g/mol. The second-order valence-corrected chi connectivity index (χ2v) is 2.98. The van der Waals surface area contributed by atoms with E-state index in [4.69, 9.17) is 0 Å². The Bertz CT molecular complexity index is 279. The number of aliphatic imine (C=N–C) groups is 1. The zero-order chi connectivity index (χ0) is 7.68. The standard InChI is InChI=1S/C10H11N/c1-8-4-2-5-9-6-3-7-11-10(8)9/h2-4,6-7,9H,5H2,1H3. The van der Waals surface area contributed by atoms with Gasteiger partial charge >= 0.3 is 0 Å². The molecule has 56 valence electrons. The van der Waals surface area contributed by atoms with Gasteiger partial charge in [0, 0.05) is 12.1 Å². The van der Waals surface area contributed by atoms with Gasteiger partial charge in [-0.2, -0.15) is 0 Å². The number of nitrogens with zero attached hydrogens (tertiary/aromatic N) is 1. The fraction of sp³-hybridized carbons (Fsp3) is 0.300. The first-order valence-electron chi connectivity index (χ1n) is 3.96. The zero-order valence-electron chi connectivity index (χ0n) is 6.62. The molecule has 0 saturated carbocycles. The fourth-order valence-electron chi connectivity index (χ4n) is 1.56. The minimum absolute atomic E-state index is 0.546. The topological polar surface area (TPSA) is 12.4 Å². The Balaban J connectivity index is 2.43. The van der Waals surface area contributed by atoms with Crippen LogP contribution in [0.15, 0.2) is 40.6 Å². The Morgan fingerprint density at radius 3 is 3.27 bits per heavy atom. The van der Waals surface area contributed by atoms with Crippen LogP contribution in [-0.4, -0.2) is 6.21 Å². The first-order valence-corrected chi connectivity index (χ1v) is 3.96. The van der Waals surface area contributed by atoms with E-state index in [2.05, 4.69) is 30.1 Å². The van der Waals surface area contributed by atoms with Crippen LogP contribution in [0.25, 0.3) is 0 Å². The van der Waals surface area contributed by atoms with Crippen molar-refractivity contribution < 1.29 is 0 Å². The Hall–Kier alpha value is -1.11. The van der Waals surface area contributed by atoms with Crippen LogP contribution in [0.2, 0.25) is 0 Å². The third-order valence-corrected chi connectivity index (χ3v) is 2.16. The Morgan fingerprint density at radius 1 is 1.55 bits per heavy atom. The third-order valence-electron chi connectivity index (χ3n) is 2.16. The lowest BCUT2D eigenvalue weighted by atomic mass is 9.91. The summed E-state index contributed by atoms with van der Waals surface area (Å²) < 4.78 is 0. The molecule has 0 N–H and O–H groups in total. The summed E-state index contributed by atoms with van der Waals surface area (Å²) in [6, 6.07) is 0. The van der Waals surface area contributed by atoms with Gasteiger partial charge in [0.15, 0.2) is 0 Å². The summed E-state index contributed by atoms with van der Waals surface area (Å²) in [5.41, 5.74) is 2.55. The Labute approximate surface area is 66.8 Å². The quantitative estimate of drug-likeness (QED) is 0.496. The normalized spacial score (nSPS) is 27.5. The summed E-state index contributed by atoms with van der Waals surface area (Å²) in [6.07, 6.45) is 11.6. The first kappa shape index (κ1) is 6.59. The maximum atomic E-state index is 4.35. The molecule has 0 radical (unpaired) electrons. The van der Waals surface area contributed by atoms with E-state index in [0.29, 0.717) is 5.92 Å². The van der Waals surface area contributed by atoms with Crippen LogP contribution in [0.4, 0.5) is 0 Å². The van der Waals surface area contributed by atoms with Crippen molar-refractivity contribution in [2.24, 2.45) is 10.9 Å². The van der Waals surface area contributed by atoms with Gasteiger partial charge < -0.3 is 0 Å². The highest BCUT2D eigenvalue weighted by molar-refractivity contribution is 5.74. The average molecular weight is 145 g/mol. The summed E-state index contributed by atoms with van der Waals surface area (Å²) in [6.45, 7) is 2.12. The molecule has 11 heavy (non-hydrogen) atoms. The van der Waals surface area contributed by atoms with Crippen molar-refractivity contribution in [3.63, 3.8) is 0 Å². The molecule has 1 heterocycles. The molecule has 0 amide bonds. The number of allylic oxidation sites excluding steroid dienone is 5. The lowest BCUT2D eigenvalue weighted by Crippen LogP contribution is -2.06. The smallest absolute Gasteiger partial charge is 0.0504 e. The van der Waals surface area contributed by atoms with Crippen molar-refractivity contribution in [2.75, 3.05) is 0 Å². The van der Waals surface area contributed by atoms with Gasteiger partial charge in [-0.1, -0.05) is 18.2 Å². The Kier molecular flexibility index (Phi) is 1.50. The number of hydrogen-bond acceptors (Lipinski definition) is 1. The molecule has 1 aliphatic carbocycles. The van der Waals surface area contributed by atoms with Gasteiger partial charge in [-0.3, -0.25) is 4.99 Å². The van der Waals surface area contributed by atoms with Crippen molar-refractivity contribution in [3.8, 4) is 0 Å². The minimum Gasteiger partial charge on any atom is -0.260 e. The summed E-state index contributed by atoms with van der Waals surface area (Å²) in [7, 11) is 0. The monoisotopic (exact) mass is 145 g/mol. The van der Waals surface area contributed by atoms with E-state index in [1.165, 1.54) is 11.3 Å². The predicted octanol–water partition coefficient (Wildman–Crippen LogP) is 2.48. The second kappa shape index (κ2) is 2.50.